The molecular formula is C15H16BrCl2NS. The van der Waals surface area contributed by atoms with Crippen LogP contribution in [-0.2, 0) is 6.42 Å². The van der Waals surface area contributed by atoms with Gasteiger partial charge in [-0.05, 0) is 59.1 Å². The molecule has 0 aliphatic heterocycles. The maximum absolute atomic E-state index is 6.30. The summed E-state index contributed by atoms with van der Waals surface area (Å²) in [5.74, 6) is 0. The van der Waals surface area contributed by atoms with Gasteiger partial charge in [0.15, 0.2) is 0 Å². The van der Waals surface area contributed by atoms with Crippen LogP contribution in [0.15, 0.2) is 34.1 Å². The Morgan fingerprint density at radius 1 is 1.25 bits per heavy atom. The van der Waals surface area contributed by atoms with Crippen molar-refractivity contribution in [3.8, 4) is 0 Å². The lowest BCUT2D eigenvalue weighted by molar-refractivity contribution is 0.536. The van der Waals surface area contributed by atoms with Gasteiger partial charge in [0.05, 0.1) is 13.8 Å². The second-order valence-electron chi connectivity index (χ2n) is 4.57. The zero-order valence-electron chi connectivity index (χ0n) is 11.1. The van der Waals surface area contributed by atoms with Crippen LogP contribution in [0.1, 0.15) is 29.8 Å². The van der Waals surface area contributed by atoms with E-state index in [-0.39, 0.29) is 6.04 Å². The molecule has 1 aromatic heterocycles. The first-order chi connectivity index (χ1) is 9.61. The van der Waals surface area contributed by atoms with E-state index in [1.807, 2.05) is 18.2 Å². The number of hydrogen-bond acceptors (Lipinski definition) is 2. The molecule has 0 amide bonds. The van der Waals surface area contributed by atoms with E-state index >= 15 is 0 Å². The summed E-state index contributed by atoms with van der Waals surface area (Å²) in [5, 5.41) is 4.86. The van der Waals surface area contributed by atoms with Crippen molar-refractivity contribution >= 4 is 50.5 Å². The summed E-state index contributed by atoms with van der Waals surface area (Å²) in [4.78, 5) is 1.31. The molecule has 0 radical (unpaired) electrons. The zero-order chi connectivity index (χ0) is 14.5. The number of thiophene rings is 1. The molecule has 0 aliphatic rings. The Labute approximate surface area is 142 Å². The van der Waals surface area contributed by atoms with Gasteiger partial charge in [0, 0.05) is 10.9 Å². The third-order valence-electron chi connectivity index (χ3n) is 3.03. The van der Waals surface area contributed by atoms with E-state index < -0.39 is 0 Å². The second-order valence-corrected chi connectivity index (χ2v) is 7.85. The Morgan fingerprint density at radius 3 is 2.70 bits per heavy atom. The van der Waals surface area contributed by atoms with Crippen LogP contribution in [0.4, 0.5) is 0 Å². The van der Waals surface area contributed by atoms with Crippen molar-refractivity contribution in [1.82, 2.24) is 5.32 Å². The minimum atomic E-state index is 0.266. The van der Waals surface area contributed by atoms with Crippen molar-refractivity contribution in [2.45, 2.75) is 25.8 Å². The molecule has 1 nitrogen and oxygen atoms in total. The van der Waals surface area contributed by atoms with Gasteiger partial charge in [0.1, 0.15) is 0 Å². The molecule has 0 fully saturated rings. The zero-order valence-corrected chi connectivity index (χ0v) is 15.0. The highest BCUT2D eigenvalue weighted by Crippen LogP contribution is 2.33. The van der Waals surface area contributed by atoms with E-state index in [1.54, 1.807) is 11.3 Å². The molecule has 0 spiro atoms. The van der Waals surface area contributed by atoms with Gasteiger partial charge in [-0.15, -0.1) is 11.3 Å². The van der Waals surface area contributed by atoms with Crippen LogP contribution < -0.4 is 5.32 Å². The third-order valence-corrected chi connectivity index (χ3v) is 5.63. The standard InChI is InChI=1S/C15H16BrCl2NS/c1-2-8-19-12(13-6-7-14(16)20-13)9-10-4-3-5-11(17)15(10)18/h3-7,12,19H,2,8-9H2,1H3. The molecule has 0 saturated carbocycles. The first kappa shape index (κ1) is 16.3. The molecule has 1 atom stereocenters. The van der Waals surface area contributed by atoms with Gasteiger partial charge in [0.25, 0.3) is 0 Å². The maximum atomic E-state index is 6.30. The van der Waals surface area contributed by atoms with Gasteiger partial charge in [-0.3, -0.25) is 0 Å². The van der Waals surface area contributed by atoms with Crippen molar-refractivity contribution in [1.29, 1.82) is 0 Å². The molecule has 20 heavy (non-hydrogen) atoms. The number of halogens is 3. The largest absolute Gasteiger partial charge is 0.309 e. The summed E-state index contributed by atoms with van der Waals surface area (Å²) in [7, 11) is 0. The minimum absolute atomic E-state index is 0.266. The van der Waals surface area contributed by atoms with Gasteiger partial charge in [-0.1, -0.05) is 42.3 Å². The molecule has 2 aromatic rings. The van der Waals surface area contributed by atoms with E-state index in [4.69, 9.17) is 23.2 Å². The molecule has 0 bridgehead atoms. The summed E-state index contributed by atoms with van der Waals surface area (Å²) < 4.78 is 1.15. The number of nitrogens with one attached hydrogen (secondary N) is 1. The van der Waals surface area contributed by atoms with Crippen LogP contribution in [0.3, 0.4) is 0 Å². The Balaban J connectivity index is 2.21. The van der Waals surface area contributed by atoms with E-state index in [9.17, 15) is 0 Å². The summed E-state index contributed by atoms with van der Waals surface area (Å²) in [6.45, 7) is 3.15. The van der Waals surface area contributed by atoms with Gasteiger partial charge in [-0.25, -0.2) is 0 Å². The van der Waals surface area contributed by atoms with Crippen molar-refractivity contribution in [3.05, 3.63) is 54.6 Å². The minimum Gasteiger partial charge on any atom is -0.309 e. The summed E-state index contributed by atoms with van der Waals surface area (Å²) >= 11 is 17.7. The Morgan fingerprint density at radius 2 is 2.05 bits per heavy atom. The van der Waals surface area contributed by atoms with Crippen molar-refractivity contribution < 1.29 is 0 Å². The van der Waals surface area contributed by atoms with Crippen LogP contribution in [-0.4, -0.2) is 6.54 Å². The molecule has 1 aromatic carbocycles. The highest BCUT2D eigenvalue weighted by molar-refractivity contribution is 9.11. The first-order valence-electron chi connectivity index (χ1n) is 6.53. The summed E-state index contributed by atoms with van der Waals surface area (Å²) in [5.41, 5.74) is 1.08. The van der Waals surface area contributed by atoms with Crippen LogP contribution in [0.25, 0.3) is 0 Å². The normalized spacial score (nSPS) is 12.6. The van der Waals surface area contributed by atoms with Crippen LogP contribution in [0.2, 0.25) is 10.0 Å². The third kappa shape index (κ3) is 4.22. The molecule has 1 N–H and O–H groups in total. The lowest BCUT2D eigenvalue weighted by atomic mass is 10.0. The van der Waals surface area contributed by atoms with Gasteiger partial charge < -0.3 is 5.32 Å². The lowest BCUT2D eigenvalue weighted by Crippen LogP contribution is -2.23. The monoisotopic (exact) mass is 391 g/mol. The van der Waals surface area contributed by atoms with Crippen molar-refractivity contribution in [3.63, 3.8) is 0 Å². The lowest BCUT2D eigenvalue weighted by Gasteiger charge is -2.18. The smallest absolute Gasteiger partial charge is 0.0701 e. The molecule has 2 rings (SSSR count). The predicted molar refractivity (Wildman–Crippen MR) is 93.2 cm³/mol. The summed E-state index contributed by atoms with van der Waals surface area (Å²) in [6.07, 6.45) is 1.94. The van der Waals surface area contributed by atoms with Crippen LogP contribution >= 0.6 is 50.5 Å². The molecule has 1 heterocycles. The Hall–Kier alpha value is -0.0600. The first-order valence-corrected chi connectivity index (χ1v) is 8.90. The molecule has 5 heteroatoms. The maximum Gasteiger partial charge on any atom is 0.0701 e. The Kier molecular flexibility index (Phi) is 6.37. The van der Waals surface area contributed by atoms with Crippen LogP contribution in [0.5, 0.6) is 0 Å². The average Bonchev–Trinajstić information content (AvgIpc) is 2.86. The SMILES string of the molecule is CCCNC(Cc1cccc(Cl)c1Cl)c1ccc(Br)s1. The van der Waals surface area contributed by atoms with Crippen molar-refractivity contribution in [2.24, 2.45) is 0 Å². The summed E-state index contributed by atoms with van der Waals surface area (Å²) in [6, 6.07) is 10.3. The fraction of sp³-hybridized carbons (Fsp3) is 0.333. The van der Waals surface area contributed by atoms with Gasteiger partial charge >= 0.3 is 0 Å². The van der Waals surface area contributed by atoms with Crippen molar-refractivity contribution in [2.75, 3.05) is 6.54 Å². The van der Waals surface area contributed by atoms with Gasteiger partial charge in [0.2, 0.25) is 0 Å². The fourth-order valence-corrected chi connectivity index (χ4v) is 3.93. The highest BCUT2D eigenvalue weighted by atomic mass is 79.9. The van der Waals surface area contributed by atoms with E-state index in [0.717, 1.165) is 28.7 Å². The number of rotatable bonds is 6. The number of hydrogen-bond donors (Lipinski definition) is 1. The Bertz CT molecular complexity index is 571. The average molecular weight is 393 g/mol. The highest BCUT2D eigenvalue weighted by Gasteiger charge is 2.16. The van der Waals surface area contributed by atoms with E-state index in [0.29, 0.717) is 10.0 Å². The van der Waals surface area contributed by atoms with Crippen LogP contribution in [0, 0.1) is 0 Å². The number of benzene rings is 1. The predicted octanol–water partition coefficient (Wildman–Crippen LogP) is 6.10. The fourth-order valence-electron chi connectivity index (χ4n) is 2.03. The molecule has 0 aliphatic carbocycles. The second kappa shape index (κ2) is 7.81. The van der Waals surface area contributed by atoms with E-state index in [2.05, 4.69) is 40.3 Å². The van der Waals surface area contributed by atoms with Gasteiger partial charge in [-0.2, -0.15) is 0 Å². The quantitative estimate of drug-likeness (QED) is 0.625. The molecule has 1 unspecified atom stereocenters. The topological polar surface area (TPSA) is 12.0 Å². The molecule has 0 saturated heterocycles. The van der Waals surface area contributed by atoms with E-state index in [1.165, 1.54) is 4.88 Å². The molecular weight excluding hydrogens is 377 g/mol. The molecule has 108 valence electrons.